The van der Waals surface area contributed by atoms with Gasteiger partial charge in [0.05, 0.1) is 6.33 Å². The normalized spacial score (nSPS) is 23.7. The van der Waals surface area contributed by atoms with Crippen LogP contribution in [0.4, 0.5) is 0 Å². The molecule has 168 valence electrons. The topological polar surface area (TPSA) is 78.8 Å². The van der Waals surface area contributed by atoms with Gasteiger partial charge in [0.15, 0.2) is 5.03 Å². The monoisotopic (exact) mass is 437 g/mol. The van der Waals surface area contributed by atoms with E-state index in [1.165, 1.54) is 49.2 Å². The van der Waals surface area contributed by atoms with Gasteiger partial charge >= 0.3 is 0 Å². The van der Waals surface area contributed by atoms with Crippen LogP contribution in [0.15, 0.2) is 17.6 Å². The zero-order valence-corrected chi connectivity index (χ0v) is 18.9. The summed E-state index contributed by atoms with van der Waals surface area (Å²) in [6.07, 6.45) is 10.7. The van der Waals surface area contributed by atoms with Crippen molar-refractivity contribution in [1.82, 2.24) is 23.7 Å². The number of hydrogen-bond donors (Lipinski definition) is 0. The minimum Gasteiger partial charge on any atom is -0.341 e. The molecule has 0 spiro atoms. The highest BCUT2D eigenvalue weighted by Crippen LogP contribution is 2.23. The van der Waals surface area contributed by atoms with Crippen LogP contribution in [0, 0.1) is 5.92 Å². The fourth-order valence-electron chi connectivity index (χ4n) is 4.94. The Morgan fingerprint density at radius 2 is 1.67 bits per heavy atom. The Hall–Kier alpha value is -1.45. The summed E-state index contributed by atoms with van der Waals surface area (Å²) in [4.78, 5) is 21.4. The molecule has 3 aliphatic heterocycles. The molecule has 0 aromatic carbocycles. The SMILES string of the molecule is CC1CCN(S(=O)(=O)c2cn(CC(=O)N3CCC(N4CCCCC4)CC3)cn2)CC1. The highest BCUT2D eigenvalue weighted by atomic mass is 32.2. The molecular weight excluding hydrogens is 402 g/mol. The minimum absolute atomic E-state index is 0.0419. The van der Waals surface area contributed by atoms with E-state index in [1.807, 2.05) is 4.90 Å². The van der Waals surface area contributed by atoms with E-state index in [0.717, 1.165) is 38.8 Å². The van der Waals surface area contributed by atoms with Crippen LogP contribution in [0.2, 0.25) is 0 Å². The second kappa shape index (κ2) is 9.36. The van der Waals surface area contributed by atoms with Gasteiger partial charge in [0.2, 0.25) is 5.91 Å². The number of aromatic nitrogens is 2. The number of carbonyl (C=O) groups is 1. The highest BCUT2D eigenvalue weighted by molar-refractivity contribution is 7.89. The van der Waals surface area contributed by atoms with E-state index in [1.54, 1.807) is 4.57 Å². The predicted octanol–water partition coefficient (Wildman–Crippen LogP) is 1.78. The fraction of sp³-hybridized carbons (Fsp3) is 0.810. The summed E-state index contributed by atoms with van der Waals surface area (Å²) < 4.78 is 28.8. The van der Waals surface area contributed by atoms with Gasteiger partial charge in [-0.2, -0.15) is 4.31 Å². The lowest BCUT2D eigenvalue weighted by molar-refractivity contribution is -0.133. The van der Waals surface area contributed by atoms with Crippen LogP contribution in [0.3, 0.4) is 0 Å². The number of sulfonamides is 1. The third kappa shape index (κ3) is 4.89. The van der Waals surface area contributed by atoms with Crippen LogP contribution in [-0.4, -0.2) is 83.3 Å². The van der Waals surface area contributed by atoms with Gasteiger partial charge in [-0.25, -0.2) is 13.4 Å². The molecular formula is C21H35N5O3S. The van der Waals surface area contributed by atoms with Crippen molar-refractivity contribution < 1.29 is 13.2 Å². The van der Waals surface area contributed by atoms with E-state index in [4.69, 9.17) is 0 Å². The Morgan fingerprint density at radius 3 is 2.33 bits per heavy atom. The van der Waals surface area contributed by atoms with E-state index in [-0.39, 0.29) is 17.5 Å². The molecule has 30 heavy (non-hydrogen) atoms. The molecule has 0 bridgehead atoms. The summed E-state index contributed by atoms with van der Waals surface area (Å²) in [7, 11) is -3.57. The molecule has 0 saturated carbocycles. The second-order valence-electron chi connectivity index (χ2n) is 9.18. The number of carbonyl (C=O) groups excluding carboxylic acids is 1. The molecule has 1 amide bonds. The lowest BCUT2D eigenvalue weighted by Gasteiger charge is -2.40. The second-order valence-corrected chi connectivity index (χ2v) is 11.1. The van der Waals surface area contributed by atoms with E-state index in [2.05, 4.69) is 16.8 Å². The van der Waals surface area contributed by atoms with Gasteiger partial charge in [-0.15, -0.1) is 0 Å². The molecule has 8 nitrogen and oxygen atoms in total. The van der Waals surface area contributed by atoms with Crippen LogP contribution in [-0.2, 0) is 21.4 Å². The molecule has 1 aromatic heterocycles. The first-order valence-electron chi connectivity index (χ1n) is 11.5. The largest absolute Gasteiger partial charge is 0.341 e. The number of hydrogen-bond acceptors (Lipinski definition) is 5. The lowest BCUT2D eigenvalue weighted by atomic mass is 10.00. The number of amides is 1. The predicted molar refractivity (Wildman–Crippen MR) is 114 cm³/mol. The van der Waals surface area contributed by atoms with Crippen molar-refractivity contribution in [2.75, 3.05) is 39.3 Å². The van der Waals surface area contributed by atoms with Crippen LogP contribution in [0.25, 0.3) is 0 Å². The van der Waals surface area contributed by atoms with Gasteiger partial charge in [0.25, 0.3) is 10.0 Å². The molecule has 0 aliphatic carbocycles. The summed E-state index contributed by atoms with van der Waals surface area (Å²) in [5.74, 6) is 0.603. The maximum atomic E-state index is 12.8. The van der Waals surface area contributed by atoms with Crippen LogP contribution in [0.5, 0.6) is 0 Å². The summed E-state index contributed by atoms with van der Waals surface area (Å²) in [6, 6.07) is 0.603. The van der Waals surface area contributed by atoms with Crippen LogP contribution in [0.1, 0.15) is 51.9 Å². The Labute approximate surface area is 180 Å². The maximum absolute atomic E-state index is 12.8. The number of rotatable bonds is 5. The summed E-state index contributed by atoms with van der Waals surface area (Å²) in [6.45, 7) is 7.34. The maximum Gasteiger partial charge on any atom is 0.262 e. The summed E-state index contributed by atoms with van der Waals surface area (Å²) >= 11 is 0. The highest BCUT2D eigenvalue weighted by Gasteiger charge is 2.31. The number of nitrogens with zero attached hydrogens (tertiary/aromatic N) is 5. The van der Waals surface area contributed by atoms with E-state index >= 15 is 0 Å². The van der Waals surface area contributed by atoms with Crippen molar-refractivity contribution in [2.45, 2.75) is 69.5 Å². The van der Waals surface area contributed by atoms with Crippen molar-refractivity contribution >= 4 is 15.9 Å². The number of imidazole rings is 1. The van der Waals surface area contributed by atoms with Crippen molar-refractivity contribution in [2.24, 2.45) is 5.92 Å². The van der Waals surface area contributed by atoms with Crippen LogP contribution < -0.4 is 0 Å². The van der Waals surface area contributed by atoms with Crippen molar-refractivity contribution in [3.05, 3.63) is 12.5 Å². The van der Waals surface area contributed by atoms with Gasteiger partial charge in [0.1, 0.15) is 6.54 Å². The molecule has 3 aliphatic rings. The van der Waals surface area contributed by atoms with Gasteiger partial charge in [-0.3, -0.25) is 4.79 Å². The van der Waals surface area contributed by atoms with Gasteiger partial charge in [0, 0.05) is 38.4 Å². The molecule has 9 heteroatoms. The van der Waals surface area contributed by atoms with Crippen molar-refractivity contribution in [1.29, 1.82) is 0 Å². The van der Waals surface area contributed by atoms with Crippen molar-refractivity contribution in [3.8, 4) is 0 Å². The lowest BCUT2D eigenvalue weighted by Crippen LogP contribution is -2.48. The Bertz CT molecular complexity index is 817. The standard InChI is InChI=1S/C21H35N5O3S/c1-18-5-13-26(14-6-18)30(28,29)20-15-23(17-22-20)16-21(27)25-11-7-19(8-12-25)24-9-3-2-4-10-24/h15,17-19H,2-14,16H2,1H3. The zero-order valence-electron chi connectivity index (χ0n) is 18.1. The molecule has 0 unspecified atom stereocenters. The Balaban J connectivity index is 1.30. The first kappa shape index (κ1) is 21.8. The smallest absolute Gasteiger partial charge is 0.262 e. The zero-order chi connectivity index (χ0) is 21.1. The molecule has 4 heterocycles. The third-order valence-electron chi connectivity index (χ3n) is 7.00. The molecule has 0 radical (unpaired) electrons. The van der Waals surface area contributed by atoms with E-state index in [9.17, 15) is 13.2 Å². The first-order valence-corrected chi connectivity index (χ1v) is 12.9. The Morgan fingerprint density at radius 1 is 1.00 bits per heavy atom. The van der Waals surface area contributed by atoms with Gasteiger partial charge in [-0.05, 0) is 57.5 Å². The average Bonchev–Trinajstić information content (AvgIpc) is 3.24. The third-order valence-corrected chi connectivity index (χ3v) is 8.78. The molecule has 0 N–H and O–H groups in total. The summed E-state index contributed by atoms with van der Waals surface area (Å²) in [5, 5.41) is 0.0497. The van der Waals surface area contributed by atoms with Gasteiger partial charge < -0.3 is 14.4 Å². The van der Waals surface area contributed by atoms with Gasteiger partial charge in [-0.1, -0.05) is 13.3 Å². The fourth-order valence-corrected chi connectivity index (χ4v) is 6.34. The molecule has 4 rings (SSSR count). The molecule has 3 fully saturated rings. The molecule has 1 aromatic rings. The Kier molecular flexibility index (Phi) is 6.79. The van der Waals surface area contributed by atoms with E-state index < -0.39 is 10.0 Å². The van der Waals surface area contributed by atoms with E-state index in [0.29, 0.717) is 25.0 Å². The first-order chi connectivity index (χ1) is 14.4. The quantitative estimate of drug-likeness (QED) is 0.702. The minimum atomic E-state index is -3.57. The number of piperidine rings is 3. The van der Waals surface area contributed by atoms with Crippen LogP contribution >= 0.6 is 0 Å². The molecule has 0 atom stereocenters. The molecule has 3 saturated heterocycles. The van der Waals surface area contributed by atoms with Crippen molar-refractivity contribution in [3.63, 3.8) is 0 Å². The summed E-state index contributed by atoms with van der Waals surface area (Å²) in [5.41, 5.74) is 0. The number of likely N-dealkylation sites (tertiary alicyclic amines) is 2. The average molecular weight is 438 g/mol.